The van der Waals surface area contributed by atoms with Gasteiger partial charge in [-0.25, -0.2) is 18.5 Å². The number of aryl methyl sites for hydroxylation is 1. The largest absolute Gasteiger partial charge is 0.327 e. The number of nitrogens with zero attached hydrogens (tertiary/aromatic N) is 3. The van der Waals surface area contributed by atoms with Gasteiger partial charge in [-0.2, -0.15) is 0 Å². The third-order valence-corrected chi connectivity index (χ3v) is 6.08. The Balaban J connectivity index is 1.98. The SMILES string of the molecule is CCCCn1c(CN(Cc2ccccc2)C(C)C)nc2cc(S(N)(=O)=O)ccc21. The first-order chi connectivity index (χ1) is 13.8. The van der Waals surface area contributed by atoms with Crippen molar-refractivity contribution >= 4 is 21.1 Å². The molecule has 0 spiro atoms. The van der Waals surface area contributed by atoms with Crippen LogP contribution in [0.1, 0.15) is 45.0 Å². The maximum Gasteiger partial charge on any atom is 0.238 e. The van der Waals surface area contributed by atoms with E-state index in [0.29, 0.717) is 18.1 Å². The molecule has 0 bridgehead atoms. The fraction of sp³-hybridized carbons (Fsp3) is 0.409. The number of sulfonamides is 1. The normalized spacial score (nSPS) is 12.3. The molecule has 0 aliphatic carbocycles. The molecule has 1 heterocycles. The van der Waals surface area contributed by atoms with Crippen LogP contribution in [0.3, 0.4) is 0 Å². The lowest BCUT2D eigenvalue weighted by atomic mass is 10.2. The van der Waals surface area contributed by atoms with Crippen molar-refractivity contribution in [3.8, 4) is 0 Å². The van der Waals surface area contributed by atoms with Crippen molar-refractivity contribution in [3.63, 3.8) is 0 Å². The second kappa shape index (κ2) is 9.07. The predicted octanol–water partition coefficient (Wildman–Crippen LogP) is 3.89. The van der Waals surface area contributed by atoms with Gasteiger partial charge in [-0.3, -0.25) is 4.90 Å². The molecule has 29 heavy (non-hydrogen) atoms. The molecule has 3 aromatic rings. The molecule has 0 fully saturated rings. The lowest BCUT2D eigenvalue weighted by molar-refractivity contribution is 0.196. The molecule has 1 aromatic heterocycles. The predicted molar refractivity (Wildman–Crippen MR) is 117 cm³/mol. The average Bonchev–Trinajstić information content (AvgIpc) is 3.02. The minimum atomic E-state index is -3.75. The van der Waals surface area contributed by atoms with E-state index in [2.05, 4.69) is 54.5 Å². The van der Waals surface area contributed by atoms with Crippen LogP contribution in [0.5, 0.6) is 0 Å². The lowest BCUT2D eigenvalue weighted by Crippen LogP contribution is -2.31. The van der Waals surface area contributed by atoms with Gasteiger partial charge in [0.2, 0.25) is 10.0 Å². The van der Waals surface area contributed by atoms with Gasteiger partial charge in [-0.1, -0.05) is 43.7 Å². The van der Waals surface area contributed by atoms with Crippen molar-refractivity contribution in [2.24, 2.45) is 5.14 Å². The Bertz CT molecular complexity index is 1060. The highest BCUT2D eigenvalue weighted by atomic mass is 32.2. The Labute approximate surface area is 173 Å². The number of primary sulfonamides is 1. The molecule has 0 amide bonds. The number of aromatic nitrogens is 2. The van der Waals surface area contributed by atoms with Crippen LogP contribution in [0, 0.1) is 0 Å². The van der Waals surface area contributed by atoms with Gasteiger partial charge in [0.1, 0.15) is 5.82 Å². The quantitative estimate of drug-likeness (QED) is 0.576. The molecule has 6 nitrogen and oxygen atoms in total. The smallest absolute Gasteiger partial charge is 0.238 e. The van der Waals surface area contributed by atoms with Crippen LogP contribution >= 0.6 is 0 Å². The maximum absolute atomic E-state index is 11.7. The van der Waals surface area contributed by atoms with E-state index in [4.69, 9.17) is 10.1 Å². The number of unbranched alkanes of at least 4 members (excludes halogenated alkanes) is 1. The first-order valence-electron chi connectivity index (χ1n) is 10.1. The van der Waals surface area contributed by atoms with Gasteiger partial charge < -0.3 is 4.57 Å². The molecule has 0 aliphatic heterocycles. The minimum absolute atomic E-state index is 0.0988. The van der Waals surface area contributed by atoms with E-state index in [0.717, 1.165) is 37.3 Å². The Kier molecular flexibility index (Phi) is 6.72. The van der Waals surface area contributed by atoms with Crippen LogP contribution in [0.25, 0.3) is 11.0 Å². The van der Waals surface area contributed by atoms with Crippen molar-refractivity contribution in [3.05, 3.63) is 59.9 Å². The van der Waals surface area contributed by atoms with Crippen LogP contribution in [0.15, 0.2) is 53.4 Å². The van der Waals surface area contributed by atoms with E-state index < -0.39 is 10.0 Å². The van der Waals surface area contributed by atoms with Gasteiger partial charge in [0.05, 0.1) is 22.5 Å². The number of rotatable bonds is 9. The van der Waals surface area contributed by atoms with Crippen molar-refractivity contribution < 1.29 is 8.42 Å². The molecular formula is C22H30N4O2S. The van der Waals surface area contributed by atoms with E-state index in [9.17, 15) is 8.42 Å². The highest BCUT2D eigenvalue weighted by molar-refractivity contribution is 7.89. The fourth-order valence-corrected chi connectivity index (χ4v) is 3.98. The highest BCUT2D eigenvalue weighted by Gasteiger charge is 2.18. The molecule has 0 unspecified atom stereocenters. The van der Waals surface area contributed by atoms with E-state index >= 15 is 0 Å². The summed E-state index contributed by atoms with van der Waals surface area (Å²) < 4.78 is 25.7. The third kappa shape index (κ3) is 5.23. The Morgan fingerprint density at radius 1 is 1.10 bits per heavy atom. The molecule has 156 valence electrons. The average molecular weight is 415 g/mol. The molecule has 0 aliphatic rings. The number of fused-ring (bicyclic) bond motifs is 1. The van der Waals surface area contributed by atoms with Crippen LogP contribution in [0.4, 0.5) is 0 Å². The zero-order valence-electron chi connectivity index (χ0n) is 17.4. The van der Waals surface area contributed by atoms with Crippen LogP contribution in [-0.4, -0.2) is 28.9 Å². The fourth-order valence-electron chi connectivity index (χ4n) is 3.44. The monoisotopic (exact) mass is 414 g/mol. The van der Waals surface area contributed by atoms with Gasteiger partial charge in [-0.05, 0) is 44.0 Å². The van der Waals surface area contributed by atoms with Gasteiger partial charge >= 0.3 is 0 Å². The standard InChI is InChI=1S/C22H30N4O2S/c1-4-5-13-26-21-12-11-19(29(23,27)28)14-20(21)24-22(26)16-25(17(2)3)15-18-9-7-6-8-10-18/h6-12,14,17H,4-5,13,15-16H2,1-3H3,(H2,23,27,28). The van der Waals surface area contributed by atoms with Crippen molar-refractivity contribution in [1.82, 2.24) is 14.5 Å². The molecule has 0 saturated carbocycles. The summed E-state index contributed by atoms with van der Waals surface area (Å²) in [5, 5.41) is 5.31. The topological polar surface area (TPSA) is 81.2 Å². The second-order valence-corrected chi connectivity index (χ2v) is 9.27. The summed E-state index contributed by atoms with van der Waals surface area (Å²) in [5.74, 6) is 0.949. The van der Waals surface area contributed by atoms with E-state index in [-0.39, 0.29) is 4.90 Å². The summed E-state index contributed by atoms with van der Waals surface area (Å²) in [6, 6.07) is 15.7. The molecule has 2 aromatic carbocycles. The van der Waals surface area contributed by atoms with Gasteiger partial charge in [0, 0.05) is 19.1 Å². The van der Waals surface area contributed by atoms with Crippen molar-refractivity contribution in [2.75, 3.05) is 0 Å². The van der Waals surface area contributed by atoms with Crippen LogP contribution in [0.2, 0.25) is 0 Å². The summed E-state index contributed by atoms with van der Waals surface area (Å²) in [6.07, 6.45) is 2.11. The Morgan fingerprint density at radius 2 is 1.83 bits per heavy atom. The summed E-state index contributed by atoms with van der Waals surface area (Å²) in [7, 11) is -3.75. The van der Waals surface area contributed by atoms with Crippen LogP contribution < -0.4 is 5.14 Å². The number of benzene rings is 2. The number of hydrogen-bond acceptors (Lipinski definition) is 4. The summed E-state index contributed by atoms with van der Waals surface area (Å²) in [4.78, 5) is 7.28. The number of hydrogen-bond donors (Lipinski definition) is 1. The molecule has 0 saturated heterocycles. The van der Waals surface area contributed by atoms with E-state index in [1.165, 1.54) is 5.56 Å². The molecule has 3 rings (SSSR count). The molecular weight excluding hydrogens is 384 g/mol. The Morgan fingerprint density at radius 3 is 2.45 bits per heavy atom. The van der Waals surface area contributed by atoms with Crippen molar-refractivity contribution in [1.29, 1.82) is 0 Å². The first-order valence-corrected chi connectivity index (χ1v) is 11.6. The number of nitrogens with two attached hydrogens (primary N) is 1. The first kappa shape index (κ1) is 21.5. The molecule has 2 N–H and O–H groups in total. The highest BCUT2D eigenvalue weighted by Crippen LogP contribution is 2.23. The Hall–Kier alpha value is -2.22. The van der Waals surface area contributed by atoms with Gasteiger partial charge in [0.15, 0.2) is 0 Å². The zero-order chi connectivity index (χ0) is 21.0. The maximum atomic E-state index is 11.7. The zero-order valence-corrected chi connectivity index (χ0v) is 18.2. The molecule has 0 atom stereocenters. The van der Waals surface area contributed by atoms with Gasteiger partial charge in [-0.15, -0.1) is 0 Å². The minimum Gasteiger partial charge on any atom is -0.327 e. The molecule has 7 heteroatoms. The third-order valence-electron chi connectivity index (χ3n) is 5.17. The second-order valence-electron chi connectivity index (χ2n) is 7.71. The number of imidazole rings is 1. The van der Waals surface area contributed by atoms with E-state index in [1.807, 2.05) is 12.1 Å². The molecule has 0 radical (unpaired) electrons. The van der Waals surface area contributed by atoms with Crippen LogP contribution in [-0.2, 0) is 29.7 Å². The van der Waals surface area contributed by atoms with E-state index in [1.54, 1.807) is 12.1 Å². The summed E-state index contributed by atoms with van der Waals surface area (Å²) >= 11 is 0. The van der Waals surface area contributed by atoms with Gasteiger partial charge in [0.25, 0.3) is 0 Å². The summed E-state index contributed by atoms with van der Waals surface area (Å²) in [5.41, 5.74) is 2.88. The van der Waals surface area contributed by atoms with Crippen molar-refractivity contribution in [2.45, 2.75) is 64.2 Å². The lowest BCUT2D eigenvalue weighted by Gasteiger charge is -2.26. The summed E-state index contributed by atoms with van der Waals surface area (Å²) in [6.45, 7) is 8.90.